The molecule has 0 unspecified atom stereocenters. The molecule has 0 fully saturated rings. The molecule has 0 saturated heterocycles. The summed E-state index contributed by atoms with van der Waals surface area (Å²) in [6.07, 6.45) is 3.12. The number of benzene rings is 1. The predicted molar refractivity (Wildman–Crippen MR) is 106 cm³/mol. The molecule has 1 atom stereocenters. The Hall–Kier alpha value is -2.66. The van der Waals surface area contributed by atoms with Crippen LogP contribution >= 0.6 is 0 Å². The number of ketones is 1. The molecule has 1 N–H and O–H groups in total. The molecular formula is C22H26N2O3. The molecule has 0 spiro atoms. The van der Waals surface area contributed by atoms with Crippen molar-refractivity contribution in [1.82, 2.24) is 9.88 Å². The van der Waals surface area contributed by atoms with Crippen LogP contribution in [0, 0.1) is 13.8 Å². The zero-order valence-electron chi connectivity index (χ0n) is 16.3. The van der Waals surface area contributed by atoms with Gasteiger partial charge in [0.15, 0.2) is 5.78 Å². The number of aryl methyl sites for hydroxylation is 1. The summed E-state index contributed by atoms with van der Waals surface area (Å²) < 4.78 is 4.83. The second-order valence-electron chi connectivity index (χ2n) is 7.00. The topological polar surface area (TPSA) is 62.4 Å². The quantitative estimate of drug-likeness (QED) is 0.646. The summed E-state index contributed by atoms with van der Waals surface area (Å²) in [6, 6.07) is 10.1. The highest BCUT2D eigenvalue weighted by molar-refractivity contribution is 6.03. The number of aromatic nitrogens is 1. The summed E-state index contributed by atoms with van der Waals surface area (Å²) in [5.74, 6) is -0.413. The lowest BCUT2D eigenvalue weighted by atomic mass is 9.97. The van der Waals surface area contributed by atoms with Gasteiger partial charge in [-0.15, -0.1) is 0 Å². The van der Waals surface area contributed by atoms with E-state index in [2.05, 4.69) is 28.1 Å². The zero-order chi connectivity index (χ0) is 19.6. The minimum atomic E-state index is -0.415. The van der Waals surface area contributed by atoms with E-state index in [0.717, 1.165) is 19.5 Å². The normalized spacial score (nSPS) is 15.9. The molecule has 142 valence electrons. The van der Waals surface area contributed by atoms with Gasteiger partial charge in [0.1, 0.15) is 0 Å². The van der Waals surface area contributed by atoms with Crippen LogP contribution in [0.2, 0.25) is 0 Å². The number of hydrogen-bond donors (Lipinski definition) is 1. The van der Waals surface area contributed by atoms with Crippen LogP contribution in [0.15, 0.2) is 36.4 Å². The van der Waals surface area contributed by atoms with Gasteiger partial charge in [0.2, 0.25) is 0 Å². The van der Waals surface area contributed by atoms with E-state index < -0.39 is 5.97 Å². The average Bonchev–Trinajstić information content (AvgIpc) is 3.01. The smallest absolute Gasteiger partial charge is 0.339 e. The van der Waals surface area contributed by atoms with Gasteiger partial charge >= 0.3 is 5.97 Å². The van der Waals surface area contributed by atoms with Gasteiger partial charge < -0.3 is 9.72 Å². The van der Waals surface area contributed by atoms with Gasteiger partial charge in [0.25, 0.3) is 0 Å². The van der Waals surface area contributed by atoms with Gasteiger partial charge in [0, 0.05) is 18.8 Å². The third-order valence-electron chi connectivity index (χ3n) is 5.39. The second-order valence-corrected chi connectivity index (χ2v) is 7.00. The number of H-pyrrole nitrogens is 1. The standard InChI is InChI=1S/C22H26N2O3/c1-14-19(22(26)27-4)15(2)23-20(14)21(25)16(3)24-12-10-18(11-13-24)17-8-6-5-7-9-17/h5-10,16,23H,11-13H2,1-4H3/t16-/m0/s1. The van der Waals surface area contributed by atoms with E-state index in [4.69, 9.17) is 4.74 Å². The van der Waals surface area contributed by atoms with Gasteiger partial charge in [-0.1, -0.05) is 36.4 Å². The van der Waals surface area contributed by atoms with Crippen molar-refractivity contribution in [3.05, 3.63) is 64.5 Å². The molecule has 27 heavy (non-hydrogen) atoms. The van der Waals surface area contributed by atoms with Crippen molar-refractivity contribution in [2.45, 2.75) is 33.2 Å². The number of hydrogen-bond acceptors (Lipinski definition) is 4. The number of esters is 1. The van der Waals surface area contributed by atoms with E-state index in [1.807, 2.05) is 25.1 Å². The zero-order valence-corrected chi connectivity index (χ0v) is 16.3. The minimum Gasteiger partial charge on any atom is -0.465 e. The highest BCUT2D eigenvalue weighted by Crippen LogP contribution is 2.25. The van der Waals surface area contributed by atoms with Crippen LogP contribution in [0.3, 0.4) is 0 Å². The first-order valence-corrected chi connectivity index (χ1v) is 9.24. The van der Waals surface area contributed by atoms with E-state index in [-0.39, 0.29) is 11.8 Å². The Bertz CT molecular complexity index is 880. The predicted octanol–water partition coefficient (Wildman–Crippen LogP) is 3.78. The molecule has 2 heterocycles. The number of carbonyl (C=O) groups is 2. The van der Waals surface area contributed by atoms with Crippen LogP contribution in [0.1, 0.15) is 51.0 Å². The number of methoxy groups -OCH3 is 1. The molecule has 3 rings (SSSR count). The van der Waals surface area contributed by atoms with Crippen molar-refractivity contribution in [3.8, 4) is 0 Å². The fraction of sp³-hybridized carbons (Fsp3) is 0.364. The summed E-state index contributed by atoms with van der Waals surface area (Å²) >= 11 is 0. The monoisotopic (exact) mass is 366 g/mol. The highest BCUT2D eigenvalue weighted by Gasteiger charge is 2.29. The van der Waals surface area contributed by atoms with E-state index in [1.165, 1.54) is 18.2 Å². The van der Waals surface area contributed by atoms with Crippen LogP contribution in [0.5, 0.6) is 0 Å². The second kappa shape index (κ2) is 7.92. The first kappa shape index (κ1) is 19.1. The number of carbonyl (C=O) groups excluding carboxylic acids is 2. The molecule has 1 aliphatic heterocycles. The van der Waals surface area contributed by atoms with Gasteiger partial charge in [-0.05, 0) is 43.9 Å². The lowest BCUT2D eigenvalue weighted by Gasteiger charge is -2.31. The molecule has 0 saturated carbocycles. The molecule has 5 nitrogen and oxygen atoms in total. The SMILES string of the molecule is COC(=O)c1c(C)[nH]c(C(=O)[C@H](C)N2CC=C(c3ccccc3)CC2)c1C. The Morgan fingerprint density at radius 2 is 1.89 bits per heavy atom. The Balaban J connectivity index is 1.76. The lowest BCUT2D eigenvalue weighted by Crippen LogP contribution is -2.41. The van der Waals surface area contributed by atoms with Gasteiger partial charge in [-0.2, -0.15) is 0 Å². The van der Waals surface area contributed by atoms with Crippen molar-refractivity contribution in [2.75, 3.05) is 20.2 Å². The Kier molecular flexibility index (Phi) is 5.61. The van der Waals surface area contributed by atoms with E-state index in [1.54, 1.807) is 13.8 Å². The van der Waals surface area contributed by atoms with E-state index in [9.17, 15) is 9.59 Å². The summed E-state index contributed by atoms with van der Waals surface area (Å²) in [6.45, 7) is 7.07. The molecule has 0 bridgehead atoms. The fourth-order valence-corrected chi connectivity index (χ4v) is 3.73. The number of rotatable bonds is 5. The minimum absolute atomic E-state index is 0.00214. The van der Waals surface area contributed by atoms with Gasteiger partial charge in [-0.25, -0.2) is 4.79 Å². The van der Waals surface area contributed by atoms with Crippen LogP contribution in [-0.2, 0) is 4.74 Å². The van der Waals surface area contributed by atoms with Crippen LogP contribution in [0.25, 0.3) is 5.57 Å². The van der Waals surface area contributed by atoms with Gasteiger partial charge in [-0.3, -0.25) is 9.69 Å². The maximum atomic E-state index is 13.0. The number of Topliss-reactive ketones (excluding diaryl/α,β-unsaturated/α-hetero) is 1. The number of nitrogens with one attached hydrogen (secondary N) is 1. The van der Waals surface area contributed by atoms with Crippen molar-refractivity contribution >= 4 is 17.3 Å². The van der Waals surface area contributed by atoms with E-state index in [0.29, 0.717) is 22.5 Å². The molecule has 0 aliphatic carbocycles. The van der Waals surface area contributed by atoms with Crippen molar-refractivity contribution in [2.24, 2.45) is 0 Å². The van der Waals surface area contributed by atoms with Crippen LogP contribution < -0.4 is 0 Å². The maximum absolute atomic E-state index is 13.0. The molecule has 1 aromatic heterocycles. The molecule has 1 aromatic carbocycles. The number of nitrogens with zero attached hydrogens (tertiary/aromatic N) is 1. The average molecular weight is 366 g/mol. The fourth-order valence-electron chi connectivity index (χ4n) is 3.73. The first-order valence-electron chi connectivity index (χ1n) is 9.24. The van der Waals surface area contributed by atoms with Crippen molar-refractivity contribution < 1.29 is 14.3 Å². The van der Waals surface area contributed by atoms with Crippen LogP contribution in [-0.4, -0.2) is 47.9 Å². The first-order chi connectivity index (χ1) is 12.9. The van der Waals surface area contributed by atoms with Crippen molar-refractivity contribution in [1.29, 1.82) is 0 Å². The molecule has 2 aromatic rings. The summed E-state index contributed by atoms with van der Waals surface area (Å²) in [5.41, 5.74) is 4.85. The Labute approximate surface area is 160 Å². The third-order valence-corrected chi connectivity index (χ3v) is 5.39. The van der Waals surface area contributed by atoms with Crippen LogP contribution in [0.4, 0.5) is 0 Å². The maximum Gasteiger partial charge on any atom is 0.339 e. The molecule has 5 heteroatoms. The largest absolute Gasteiger partial charge is 0.465 e. The third kappa shape index (κ3) is 3.74. The molecule has 0 amide bonds. The molecular weight excluding hydrogens is 340 g/mol. The Morgan fingerprint density at radius 3 is 2.48 bits per heavy atom. The van der Waals surface area contributed by atoms with Crippen molar-refractivity contribution in [3.63, 3.8) is 0 Å². The summed E-state index contributed by atoms with van der Waals surface area (Å²) in [7, 11) is 1.35. The number of ether oxygens (including phenoxy) is 1. The number of aromatic amines is 1. The summed E-state index contributed by atoms with van der Waals surface area (Å²) in [5, 5.41) is 0. The van der Waals surface area contributed by atoms with E-state index >= 15 is 0 Å². The Morgan fingerprint density at radius 1 is 1.19 bits per heavy atom. The summed E-state index contributed by atoms with van der Waals surface area (Å²) in [4.78, 5) is 30.3. The molecule has 0 radical (unpaired) electrons. The van der Waals surface area contributed by atoms with Gasteiger partial charge in [0.05, 0.1) is 24.4 Å². The lowest BCUT2D eigenvalue weighted by molar-refractivity contribution is 0.0599. The highest BCUT2D eigenvalue weighted by atomic mass is 16.5. The molecule has 1 aliphatic rings.